The Bertz CT molecular complexity index is 902. The molecule has 0 saturated carbocycles. The first-order valence-electron chi connectivity index (χ1n) is 10.6. The highest BCUT2D eigenvalue weighted by atomic mass is 19.4. The van der Waals surface area contributed by atoms with E-state index in [1.165, 1.54) is 24.3 Å². The highest BCUT2D eigenvalue weighted by molar-refractivity contribution is 5.94. The van der Waals surface area contributed by atoms with Crippen LogP contribution in [-0.2, 0) is 17.5 Å². The molecule has 0 fully saturated rings. The molecule has 0 aliphatic rings. The second kappa shape index (κ2) is 12.4. The number of unbranched alkanes of at least 4 members (excludes halogenated alkanes) is 3. The first-order chi connectivity index (χ1) is 15.6. The number of carbonyl (C=O) groups excluding carboxylic acids is 1. The average Bonchev–Trinajstić information content (AvgIpc) is 2.78. The lowest BCUT2D eigenvalue weighted by atomic mass is 10.1. The number of amides is 1. The summed E-state index contributed by atoms with van der Waals surface area (Å²) >= 11 is 0. The van der Waals surface area contributed by atoms with Crippen molar-refractivity contribution in [1.82, 2.24) is 0 Å². The Balaban J connectivity index is 1.82. The van der Waals surface area contributed by atoms with Gasteiger partial charge in [-0.15, -0.1) is 0 Å². The van der Waals surface area contributed by atoms with Gasteiger partial charge in [0.25, 0.3) is 0 Å². The molecule has 0 spiro atoms. The van der Waals surface area contributed by atoms with Gasteiger partial charge in [-0.3, -0.25) is 4.79 Å². The normalized spacial score (nSPS) is 12.4. The van der Waals surface area contributed by atoms with E-state index in [1.54, 1.807) is 0 Å². The van der Waals surface area contributed by atoms with Gasteiger partial charge in [0, 0.05) is 13.0 Å². The number of halogens is 6. The largest absolute Gasteiger partial charge is 0.416 e. The summed E-state index contributed by atoms with van der Waals surface area (Å²) in [6, 6.07) is 7.29. The third-order valence-electron chi connectivity index (χ3n) is 5.06. The van der Waals surface area contributed by atoms with Crippen molar-refractivity contribution in [3.8, 4) is 0 Å². The molecule has 1 atom stereocenters. The van der Waals surface area contributed by atoms with Gasteiger partial charge >= 0.3 is 6.18 Å². The van der Waals surface area contributed by atoms with Crippen LogP contribution in [0.25, 0.3) is 0 Å². The second-order valence-electron chi connectivity index (χ2n) is 7.69. The van der Waals surface area contributed by atoms with Crippen molar-refractivity contribution in [1.29, 1.82) is 0 Å². The fourth-order valence-corrected chi connectivity index (χ4v) is 3.14. The number of hydrogen-bond donors (Lipinski definition) is 3. The van der Waals surface area contributed by atoms with Crippen molar-refractivity contribution in [3.05, 3.63) is 53.3 Å². The van der Waals surface area contributed by atoms with Crippen molar-refractivity contribution >= 4 is 23.0 Å². The van der Waals surface area contributed by atoms with Gasteiger partial charge in [-0.05, 0) is 42.7 Å². The van der Waals surface area contributed by atoms with Gasteiger partial charge in [0.15, 0.2) is 5.82 Å². The van der Waals surface area contributed by atoms with Crippen LogP contribution in [0.4, 0.5) is 43.4 Å². The fraction of sp³-hybridized carbons (Fsp3) is 0.435. The summed E-state index contributed by atoms with van der Waals surface area (Å²) in [5.41, 5.74) is 5.43. The predicted octanol–water partition coefficient (Wildman–Crippen LogP) is 6.63. The van der Waals surface area contributed by atoms with E-state index in [9.17, 15) is 31.1 Å². The van der Waals surface area contributed by atoms with Gasteiger partial charge < -0.3 is 16.4 Å². The van der Waals surface area contributed by atoms with Crippen LogP contribution >= 0.6 is 0 Å². The Labute approximate surface area is 188 Å². The Morgan fingerprint density at radius 1 is 0.970 bits per heavy atom. The van der Waals surface area contributed by atoms with Crippen LogP contribution in [0.15, 0.2) is 36.4 Å². The SMILES string of the molecule is Nc1c(NC(=O)CCCCCCC(F)CF)ccc(NCc2ccc(C(F)(F)F)cc2)c1F. The molecular formula is C23H27F6N3O. The number of benzene rings is 2. The minimum Gasteiger partial charge on any atom is -0.395 e. The quantitative estimate of drug-likeness (QED) is 0.183. The number of anilines is 3. The molecular weight excluding hydrogens is 448 g/mol. The van der Waals surface area contributed by atoms with Crippen molar-refractivity contribution in [3.63, 3.8) is 0 Å². The lowest BCUT2D eigenvalue weighted by Crippen LogP contribution is -2.14. The smallest absolute Gasteiger partial charge is 0.395 e. The van der Waals surface area contributed by atoms with E-state index in [0.29, 0.717) is 31.2 Å². The highest BCUT2D eigenvalue weighted by Gasteiger charge is 2.29. The number of hydrogen-bond acceptors (Lipinski definition) is 3. The molecule has 2 aromatic rings. The summed E-state index contributed by atoms with van der Waals surface area (Å²) in [6.07, 6.45) is -3.05. The second-order valence-corrected chi connectivity index (χ2v) is 7.69. The average molecular weight is 475 g/mol. The van der Waals surface area contributed by atoms with E-state index in [4.69, 9.17) is 5.73 Å². The molecule has 10 heteroatoms. The minimum absolute atomic E-state index is 0.0462. The Morgan fingerprint density at radius 3 is 2.24 bits per heavy atom. The predicted molar refractivity (Wildman–Crippen MR) is 117 cm³/mol. The van der Waals surface area contributed by atoms with Crippen molar-refractivity contribution in [2.45, 2.75) is 57.4 Å². The fourth-order valence-electron chi connectivity index (χ4n) is 3.14. The molecule has 2 rings (SSSR count). The zero-order chi connectivity index (χ0) is 24.4. The monoisotopic (exact) mass is 475 g/mol. The summed E-state index contributed by atoms with van der Waals surface area (Å²) in [6.45, 7) is -0.904. The zero-order valence-electron chi connectivity index (χ0n) is 18.0. The maximum Gasteiger partial charge on any atom is 0.416 e. The summed E-state index contributed by atoms with van der Waals surface area (Å²) in [4.78, 5) is 12.1. The molecule has 1 amide bonds. The van der Waals surface area contributed by atoms with Crippen molar-refractivity contribution in [2.75, 3.05) is 23.0 Å². The van der Waals surface area contributed by atoms with Gasteiger partial charge in [0.1, 0.15) is 12.8 Å². The van der Waals surface area contributed by atoms with E-state index < -0.39 is 30.4 Å². The van der Waals surface area contributed by atoms with Gasteiger partial charge in [-0.1, -0.05) is 31.4 Å². The van der Waals surface area contributed by atoms with Gasteiger partial charge in [-0.2, -0.15) is 13.2 Å². The van der Waals surface area contributed by atoms with Crippen LogP contribution in [-0.4, -0.2) is 18.8 Å². The third kappa shape index (κ3) is 8.51. The molecule has 0 radical (unpaired) electrons. The highest BCUT2D eigenvalue weighted by Crippen LogP contribution is 2.30. The molecule has 0 aromatic heterocycles. The van der Waals surface area contributed by atoms with Gasteiger partial charge in [0.05, 0.1) is 22.6 Å². The molecule has 0 aliphatic heterocycles. The molecule has 0 bridgehead atoms. The van der Waals surface area contributed by atoms with E-state index >= 15 is 0 Å². The number of alkyl halides is 5. The minimum atomic E-state index is -4.43. The lowest BCUT2D eigenvalue weighted by Gasteiger charge is -2.14. The number of nitrogens with two attached hydrogens (primary N) is 1. The Morgan fingerprint density at radius 2 is 1.61 bits per heavy atom. The van der Waals surface area contributed by atoms with Crippen LogP contribution in [0.2, 0.25) is 0 Å². The standard InChI is InChI=1S/C23H27F6N3O/c24-13-17(25)5-3-1-2-4-6-20(33)32-19-12-11-18(21(26)22(19)30)31-14-15-7-9-16(10-8-15)23(27,28)29/h7-12,17,31H,1-6,13-14,30H2,(H,32,33). The number of carbonyl (C=O) groups is 1. The van der Waals surface area contributed by atoms with Crippen LogP contribution in [0.3, 0.4) is 0 Å². The molecule has 4 N–H and O–H groups in total. The topological polar surface area (TPSA) is 67.1 Å². The van der Waals surface area contributed by atoms with Crippen LogP contribution < -0.4 is 16.4 Å². The summed E-state index contributed by atoms with van der Waals surface area (Å²) in [5, 5.41) is 5.32. The zero-order valence-corrected chi connectivity index (χ0v) is 18.0. The molecule has 0 aliphatic carbocycles. The van der Waals surface area contributed by atoms with Crippen molar-refractivity contribution < 1.29 is 31.1 Å². The maximum absolute atomic E-state index is 14.6. The van der Waals surface area contributed by atoms with E-state index in [1.807, 2.05) is 0 Å². The van der Waals surface area contributed by atoms with E-state index in [2.05, 4.69) is 10.6 Å². The summed E-state index contributed by atoms with van der Waals surface area (Å²) in [7, 11) is 0. The van der Waals surface area contributed by atoms with Crippen LogP contribution in [0, 0.1) is 5.82 Å². The molecule has 33 heavy (non-hydrogen) atoms. The first-order valence-corrected chi connectivity index (χ1v) is 10.6. The Kier molecular flexibility index (Phi) is 9.87. The lowest BCUT2D eigenvalue weighted by molar-refractivity contribution is -0.137. The van der Waals surface area contributed by atoms with Gasteiger partial charge in [0.2, 0.25) is 5.91 Å². The molecule has 1 unspecified atom stereocenters. The maximum atomic E-state index is 14.6. The van der Waals surface area contributed by atoms with E-state index in [0.717, 1.165) is 12.1 Å². The molecule has 2 aromatic carbocycles. The summed E-state index contributed by atoms with van der Waals surface area (Å²) < 4.78 is 77.2. The molecule has 0 heterocycles. The summed E-state index contributed by atoms with van der Waals surface area (Å²) in [5.74, 6) is -1.13. The van der Waals surface area contributed by atoms with Crippen molar-refractivity contribution in [2.24, 2.45) is 0 Å². The third-order valence-corrected chi connectivity index (χ3v) is 5.06. The van der Waals surface area contributed by atoms with Crippen LogP contribution in [0.5, 0.6) is 0 Å². The molecule has 182 valence electrons. The van der Waals surface area contributed by atoms with Crippen LogP contribution in [0.1, 0.15) is 49.7 Å². The molecule has 4 nitrogen and oxygen atoms in total. The number of rotatable bonds is 12. The Hall–Kier alpha value is -2.91. The number of nitrogen functional groups attached to an aromatic ring is 1. The first kappa shape index (κ1) is 26.3. The molecule has 0 saturated heterocycles. The van der Waals surface area contributed by atoms with E-state index in [-0.39, 0.29) is 42.4 Å². The van der Waals surface area contributed by atoms with Gasteiger partial charge in [-0.25, -0.2) is 13.2 Å². The number of nitrogens with one attached hydrogen (secondary N) is 2.